The maximum Gasteiger partial charge on any atom is 0.335 e. The minimum Gasteiger partial charge on any atom is -0.478 e. The van der Waals surface area contributed by atoms with Crippen LogP contribution in [0.2, 0.25) is 0 Å². The fourth-order valence-electron chi connectivity index (χ4n) is 3.10. The Morgan fingerprint density at radius 2 is 2.04 bits per heavy atom. The minimum absolute atomic E-state index is 0.228. The molecule has 0 saturated carbocycles. The molecule has 7 nitrogen and oxygen atoms in total. The van der Waals surface area contributed by atoms with Gasteiger partial charge in [-0.1, -0.05) is 12.1 Å². The number of aryl methyl sites for hydroxylation is 1. The van der Waals surface area contributed by atoms with Crippen molar-refractivity contribution in [3.8, 4) is 0 Å². The first-order valence-electron chi connectivity index (χ1n) is 8.25. The first kappa shape index (κ1) is 17.6. The summed E-state index contributed by atoms with van der Waals surface area (Å²) in [6, 6.07) is 6.76. The molecule has 2 heterocycles. The number of carboxylic acid groups (broad SMARTS) is 1. The summed E-state index contributed by atoms with van der Waals surface area (Å²) < 4.78 is 28.5. The summed E-state index contributed by atoms with van der Waals surface area (Å²) >= 11 is 0. The third-order valence-corrected chi connectivity index (χ3v) is 6.36. The molecule has 0 spiro atoms. The molecule has 1 aromatic carbocycles. The molecule has 1 fully saturated rings. The van der Waals surface area contributed by atoms with Crippen LogP contribution in [0.15, 0.2) is 41.6 Å². The number of hydrogen-bond acceptors (Lipinski definition) is 4. The molecule has 2 aromatic rings. The third kappa shape index (κ3) is 3.74. The lowest BCUT2D eigenvalue weighted by molar-refractivity contribution is 0.0697. The Labute approximate surface area is 146 Å². The van der Waals surface area contributed by atoms with Crippen LogP contribution in [0.5, 0.6) is 0 Å². The third-order valence-electron chi connectivity index (χ3n) is 4.55. The highest BCUT2D eigenvalue weighted by Crippen LogP contribution is 2.26. The van der Waals surface area contributed by atoms with Gasteiger partial charge >= 0.3 is 5.97 Å². The van der Waals surface area contributed by atoms with E-state index in [0.29, 0.717) is 19.6 Å². The average Bonchev–Trinajstić information content (AvgIpc) is 3.25. The van der Waals surface area contributed by atoms with Crippen molar-refractivity contribution in [1.29, 1.82) is 0 Å². The number of carbonyl (C=O) groups is 1. The largest absolute Gasteiger partial charge is 0.478 e. The van der Waals surface area contributed by atoms with E-state index in [4.69, 9.17) is 5.11 Å². The Balaban J connectivity index is 1.65. The molecular formula is C17H21N3O4S. The molecule has 3 rings (SSSR count). The predicted molar refractivity (Wildman–Crippen MR) is 91.9 cm³/mol. The van der Waals surface area contributed by atoms with Crippen molar-refractivity contribution in [3.05, 3.63) is 47.8 Å². The lowest BCUT2D eigenvalue weighted by Crippen LogP contribution is -2.29. The summed E-state index contributed by atoms with van der Waals surface area (Å²) in [6.07, 6.45) is 4.49. The second kappa shape index (κ2) is 6.97. The summed E-state index contributed by atoms with van der Waals surface area (Å²) in [4.78, 5) is 11.1. The Bertz CT molecular complexity index is 858. The van der Waals surface area contributed by atoms with E-state index in [9.17, 15) is 13.2 Å². The first-order valence-corrected chi connectivity index (χ1v) is 9.69. The number of sulfonamides is 1. The van der Waals surface area contributed by atoms with Gasteiger partial charge in [0.15, 0.2) is 0 Å². The molecule has 134 valence electrons. The number of nitrogens with zero attached hydrogens (tertiary/aromatic N) is 3. The van der Waals surface area contributed by atoms with Gasteiger partial charge < -0.3 is 5.11 Å². The highest BCUT2D eigenvalue weighted by atomic mass is 32.2. The lowest BCUT2D eigenvalue weighted by Gasteiger charge is -2.15. The number of hydrogen-bond donors (Lipinski definition) is 1. The van der Waals surface area contributed by atoms with Crippen LogP contribution in [-0.2, 0) is 23.0 Å². The fraction of sp³-hybridized carbons (Fsp3) is 0.412. The van der Waals surface area contributed by atoms with Crippen LogP contribution in [0, 0.1) is 5.92 Å². The molecule has 1 aliphatic heterocycles. The number of carboxylic acids is 1. The van der Waals surface area contributed by atoms with Crippen molar-refractivity contribution in [3.63, 3.8) is 0 Å². The Kier molecular flexibility index (Phi) is 4.91. The standard InChI is InChI=1S/C17H21N3O4S/c1-2-19-12-16(10-18-19)25(23,24)20-8-7-14(11-20)9-13-3-5-15(6-4-13)17(21)22/h3-6,10,12,14H,2,7-9,11H2,1H3,(H,21,22)/t14-/m1/s1. The van der Waals surface area contributed by atoms with Crippen LogP contribution in [0.4, 0.5) is 0 Å². The Morgan fingerprint density at radius 1 is 1.32 bits per heavy atom. The second-order valence-electron chi connectivity index (χ2n) is 6.26. The topological polar surface area (TPSA) is 92.5 Å². The molecule has 0 unspecified atom stereocenters. The van der Waals surface area contributed by atoms with Gasteiger partial charge in [0.25, 0.3) is 0 Å². The average molecular weight is 363 g/mol. The highest BCUT2D eigenvalue weighted by Gasteiger charge is 2.33. The molecule has 0 radical (unpaired) electrons. The smallest absolute Gasteiger partial charge is 0.335 e. The molecule has 1 saturated heterocycles. The quantitative estimate of drug-likeness (QED) is 0.846. The van der Waals surface area contributed by atoms with E-state index in [0.717, 1.165) is 18.4 Å². The Morgan fingerprint density at radius 3 is 2.64 bits per heavy atom. The molecule has 0 bridgehead atoms. The van der Waals surface area contributed by atoms with Crippen molar-refractivity contribution < 1.29 is 18.3 Å². The van der Waals surface area contributed by atoms with Crippen LogP contribution < -0.4 is 0 Å². The lowest BCUT2D eigenvalue weighted by atomic mass is 9.98. The maximum absolute atomic E-state index is 12.7. The minimum atomic E-state index is -3.50. The van der Waals surface area contributed by atoms with E-state index in [-0.39, 0.29) is 16.4 Å². The normalized spacial score (nSPS) is 18.5. The Hall–Kier alpha value is -2.19. The van der Waals surface area contributed by atoms with Gasteiger partial charge in [-0.2, -0.15) is 9.40 Å². The van der Waals surface area contributed by atoms with Crippen LogP contribution >= 0.6 is 0 Å². The van der Waals surface area contributed by atoms with Gasteiger partial charge in [0.1, 0.15) is 4.90 Å². The van der Waals surface area contributed by atoms with Crippen LogP contribution in [0.3, 0.4) is 0 Å². The van der Waals surface area contributed by atoms with E-state index in [1.54, 1.807) is 35.1 Å². The van der Waals surface area contributed by atoms with E-state index < -0.39 is 16.0 Å². The van der Waals surface area contributed by atoms with Crippen molar-refractivity contribution in [2.75, 3.05) is 13.1 Å². The molecule has 0 aliphatic carbocycles. The number of benzene rings is 1. The number of aromatic nitrogens is 2. The van der Waals surface area contributed by atoms with E-state index >= 15 is 0 Å². The second-order valence-corrected chi connectivity index (χ2v) is 8.19. The molecule has 1 N–H and O–H groups in total. The molecule has 8 heteroatoms. The van der Waals surface area contributed by atoms with Gasteiger partial charge in [0, 0.05) is 25.8 Å². The van der Waals surface area contributed by atoms with Crippen LogP contribution in [0.25, 0.3) is 0 Å². The first-order chi connectivity index (χ1) is 11.9. The van der Waals surface area contributed by atoms with Gasteiger partial charge in [-0.05, 0) is 43.4 Å². The zero-order valence-corrected chi connectivity index (χ0v) is 14.8. The maximum atomic E-state index is 12.7. The summed E-state index contributed by atoms with van der Waals surface area (Å²) in [5.74, 6) is -0.719. The van der Waals surface area contributed by atoms with Crippen molar-refractivity contribution >= 4 is 16.0 Å². The molecule has 1 aromatic heterocycles. The molecule has 1 aliphatic rings. The zero-order chi connectivity index (χ0) is 18.0. The van der Waals surface area contributed by atoms with Crippen molar-refractivity contribution in [2.45, 2.75) is 31.2 Å². The molecule has 1 atom stereocenters. The predicted octanol–water partition coefficient (Wildman–Crippen LogP) is 1.85. The number of rotatable bonds is 6. The highest BCUT2D eigenvalue weighted by molar-refractivity contribution is 7.89. The monoisotopic (exact) mass is 363 g/mol. The van der Waals surface area contributed by atoms with Gasteiger partial charge in [0.05, 0.1) is 11.8 Å². The summed E-state index contributed by atoms with van der Waals surface area (Å²) in [5, 5.41) is 13.0. The van der Waals surface area contributed by atoms with E-state index in [1.807, 2.05) is 6.92 Å². The SMILES string of the molecule is CCn1cc(S(=O)(=O)N2CC[C@H](Cc3ccc(C(=O)O)cc3)C2)cn1. The summed E-state index contributed by atoms with van der Waals surface area (Å²) in [7, 11) is -3.50. The fourth-order valence-corrected chi connectivity index (χ4v) is 4.58. The van der Waals surface area contributed by atoms with Gasteiger partial charge in [0.2, 0.25) is 10.0 Å². The van der Waals surface area contributed by atoms with Crippen molar-refractivity contribution in [2.24, 2.45) is 5.92 Å². The zero-order valence-electron chi connectivity index (χ0n) is 14.0. The van der Waals surface area contributed by atoms with Gasteiger partial charge in [-0.3, -0.25) is 4.68 Å². The van der Waals surface area contributed by atoms with E-state index in [2.05, 4.69) is 5.10 Å². The molecule has 0 amide bonds. The number of aromatic carboxylic acids is 1. The van der Waals surface area contributed by atoms with E-state index in [1.165, 1.54) is 10.5 Å². The molecule has 25 heavy (non-hydrogen) atoms. The van der Waals surface area contributed by atoms with Gasteiger partial charge in [-0.15, -0.1) is 0 Å². The van der Waals surface area contributed by atoms with Crippen molar-refractivity contribution in [1.82, 2.24) is 14.1 Å². The van der Waals surface area contributed by atoms with Gasteiger partial charge in [-0.25, -0.2) is 13.2 Å². The summed E-state index contributed by atoms with van der Waals surface area (Å²) in [5.41, 5.74) is 1.28. The van der Waals surface area contributed by atoms with Crippen LogP contribution in [0.1, 0.15) is 29.3 Å². The van der Waals surface area contributed by atoms with Crippen LogP contribution in [-0.4, -0.2) is 46.7 Å². The molecular weight excluding hydrogens is 342 g/mol. The summed E-state index contributed by atoms with van der Waals surface area (Å²) in [6.45, 7) is 3.51.